The number of hydrogen-bond acceptors (Lipinski definition) is 4. The highest BCUT2D eigenvalue weighted by Crippen LogP contribution is 2.12. The van der Waals surface area contributed by atoms with E-state index in [1.807, 2.05) is 36.6 Å². The highest BCUT2D eigenvalue weighted by Gasteiger charge is 2.15. The van der Waals surface area contributed by atoms with E-state index in [1.54, 1.807) is 19.2 Å². The minimum Gasteiger partial charge on any atom is -0.350 e. The molecule has 1 aromatic carbocycles. The van der Waals surface area contributed by atoms with Crippen LogP contribution < -0.4 is 10.6 Å². The smallest absolute Gasteiger partial charge is 0.264 e. The van der Waals surface area contributed by atoms with Gasteiger partial charge >= 0.3 is 0 Å². The molecule has 0 aliphatic carbocycles. The number of nitrogens with one attached hydrogen (secondary N) is 2. The fraction of sp³-hybridized carbons (Fsp3) is 0.316. The monoisotopic (exact) mass is 373 g/mol. The van der Waals surface area contributed by atoms with Gasteiger partial charge in [0.1, 0.15) is 0 Å². The average Bonchev–Trinajstić information content (AvgIpc) is 3.14. The fourth-order valence-corrected chi connectivity index (χ4v) is 3.06. The maximum Gasteiger partial charge on any atom is 0.264 e. The second-order valence-corrected chi connectivity index (χ2v) is 6.86. The van der Waals surface area contributed by atoms with E-state index in [4.69, 9.17) is 0 Å². The van der Waals surface area contributed by atoms with Crippen LogP contribution >= 0.6 is 11.3 Å². The van der Waals surface area contributed by atoms with E-state index in [0.717, 1.165) is 12.0 Å². The SMILES string of the molecule is CCCC(=O)Nc1cccc(CNC(=O)CN(C)C(=O)c2cccs2)c1. The van der Waals surface area contributed by atoms with Gasteiger partial charge in [0.15, 0.2) is 0 Å². The van der Waals surface area contributed by atoms with Crippen molar-refractivity contribution in [2.45, 2.75) is 26.3 Å². The zero-order chi connectivity index (χ0) is 18.9. The zero-order valence-electron chi connectivity index (χ0n) is 15.0. The lowest BCUT2D eigenvalue weighted by Crippen LogP contribution is -2.37. The van der Waals surface area contributed by atoms with Gasteiger partial charge in [0, 0.05) is 25.7 Å². The molecule has 0 aliphatic rings. The van der Waals surface area contributed by atoms with Crippen LogP contribution in [0.2, 0.25) is 0 Å². The van der Waals surface area contributed by atoms with Crippen LogP contribution in [-0.4, -0.2) is 36.2 Å². The Morgan fingerprint density at radius 2 is 1.92 bits per heavy atom. The summed E-state index contributed by atoms with van der Waals surface area (Å²) in [4.78, 5) is 37.9. The Labute approximate surface area is 157 Å². The minimum absolute atomic E-state index is 0.0103. The van der Waals surface area contributed by atoms with Gasteiger partial charge in [-0.2, -0.15) is 0 Å². The average molecular weight is 373 g/mol. The molecular formula is C19H23N3O3S. The molecule has 0 saturated heterocycles. The van der Waals surface area contributed by atoms with Crippen molar-refractivity contribution in [3.05, 3.63) is 52.2 Å². The molecule has 26 heavy (non-hydrogen) atoms. The van der Waals surface area contributed by atoms with Crippen LogP contribution in [0.3, 0.4) is 0 Å². The van der Waals surface area contributed by atoms with Crippen molar-refractivity contribution in [2.75, 3.05) is 18.9 Å². The van der Waals surface area contributed by atoms with Crippen molar-refractivity contribution >= 4 is 34.7 Å². The summed E-state index contributed by atoms with van der Waals surface area (Å²) in [6.07, 6.45) is 1.27. The third kappa shape index (κ3) is 6.00. The number of amides is 3. The molecule has 138 valence electrons. The third-order valence-corrected chi connectivity index (χ3v) is 4.49. The minimum atomic E-state index is -0.238. The Kier molecular flexibility index (Phi) is 7.35. The first-order valence-corrected chi connectivity index (χ1v) is 9.32. The predicted octanol–water partition coefficient (Wildman–Crippen LogP) is 2.88. The molecule has 3 amide bonds. The number of carbonyl (C=O) groups is 3. The molecule has 2 aromatic rings. The molecule has 2 rings (SSSR count). The molecule has 1 heterocycles. The van der Waals surface area contributed by atoms with E-state index in [2.05, 4.69) is 10.6 Å². The number of anilines is 1. The molecule has 0 atom stereocenters. The van der Waals surface area contributed by atoms with E-state index in [-0.39, 0.29) is 24.3 Å². The second kappa shape index (κ2) is 9.72. The molecule has 6 nitrogen and oxygen atoms in total. The van der Waals surface area contributed by atoms with E-state index >= 15 is 0 Å². The molecule has 0 unspecified atom stereocenters. The topological polar surface area (TPSA) is 78.5 Å². The highest BCUT2D eigenvalue weighted by atomic mass is 32.1. The third-order valence-electron chi connectivity index (χ3n) is 3.64. The Bertz CT molecular complexity index is 759. The van der Waals surface area contributed by atoms with Gasteiger partial charge in [-0.15, -0.1) is 11.3 Å². The summed E-state index contributed by atoms with van der Waals surface area (Å²) in [5.74, 6) is -0.434. The normalized spacial score (nSPS) is 10.2. The standard InChI is InChI=1S/C19H23N3O3S/c1-3-6-17(23)21-15-8-4-7-14(11-15)12-20-18(24)13-22(2)19(25)16-9-5-10-26-16/h4-5,7-11H,3,6,12-13H2,1-2H3,(H,20,24)(H,21,23). The van der Waals surface area contributed by atoms with Crippen molar-refractivity contribution in [3.63, 3.8) is 0 Å². The molecule has 0 fully saturated rings. The van der Waals surface area contributed by atoms with Crippen molar-refractivity contribution in [3.8, 4) is 0 Å². The predicted molar refractivity (Wildman–Crippen MR) is 103 cm³/mol. The van der Waals surface area contributed by atoms with Crippen molar-refractivity contribution in [1.82, 2.24) is 10.2 Å². The van der Waals surface area contributed by atoms with Gasteiger partial charge in [-0.05, 0) is 35.6 Å². The molecule has 0 radical (unpaired) electrons. The molecule has 0 bridgehead atoms. The number of hydrogen-bond donors (Lipinski definition) is 2. The molecule has 7 heteroatoms. The number of rotatable bonds is 8. The summed E-state index contributed by atoms with van der Waals surface area (Å²) in [6.45, 7) is 2.27. The summed E-state index contributed by atoms with van der Waals surface area (Å²) in [7, 11) is 1.60. The maximum atomic E-state index is 12.1. The number of likely N-dealkylation sites (N-methyl/N-ethyl adjacent to an activating group) is 1. The highest BCUT2D eigenvalue weighted by molar-refractivity contribution is 7.12. The molecule has 1 aromatic heterocycles. The first-order chi connectivity index (χ1) is 12.5. The molecule has 0 aliphatic heterocycles. The number of carbonyl (C=O) groups excluding carboxylic acids is 3. The molecule has 2 N–H and O–H groups in total. The molecular weight excluding hydrogens is 350 g/mol. The fourth-order valence-electron chi connectivity index (χ4n) is 2.34. The molecule has 0 saturated carbocycles. The number of thiophene rings is 1. The van der Waals surface area contributed by atoms with Crippen LogP contribution in [0, 0.1) is 0 Å². The Hall–Kier alpha value is -2.67. The summed E-state index contributed by atoms with van der Waals surface area (Å²) >= 11 is 1.35. The van der Waals surface area contributed by atoms with E-state index in [9.17, 15) is 14.4 Å². The Balaban J connectivity index is 1.83. The van der Waals surface area contributed by atoms with Gasteiger partial charge in [-0.25, -0.2) is 0 Å². The largest absolute Gasteiger partial charge is 0.350 e. The van der Waals surface area contributed by atoms with Crippen molar-refractivity contribution < 1.29 is 14.4 Å². The number of nitrogens with zero attached hydrogens (tertiary/aromatic N) is 1. The van der Waals surface area contributed by atoms with Crippen molar-refractivity contribution in [1.29, 1.82) is 0 Å². The van der Waals surface area contributed by atoms with Crippen molar-refractivity contribution in [2.24, 2.45) is 0 Å². The quantitative estimate of drug-likeness (QED) is 0.747. The van der Waals surface area contributed by atoms with Crippen LogP contribution in [-0.2, 0) is 16.1 Å². The maximum absolute atomic E-state index is 12.1. The van der Waals surface area contributed by atoms with E-state index in [0.29, 0.717) is 23.5 Å². The first kappa shape index (κ1) is 19.7. The summed E-state index contributed by atoms with van der Waals surface area (Å²) in [6, 6.07) is 10.9. The van der Waals surface area contributed by atoms with Gasteiger partial charge in [0.25, 0.3) is 5.91 Å². The van der Waals surface area contributed by atoms with Crippen LogP contribution in [0.4, 0.5) is 5.69 Å². The van der Waals surface area contributed by atoms with Gasteiger partial charge in [0.2, 0.25) is 11.8 Å². The van der Waals surface area contributed by atoms with E-state index in [1.165, 1.54) is 16.2 Å². The lowest BCUT2D eigenvalue weighted by Gasteiger charge is -2.16. The van der Waals surface area contributed by atoms with Crippen LogP contribution in [0.25, 0.3) is 0 Å². The zero-order valence-corrected chi connectivity index (χ0v) is 15.8. The first-order valence-electron chi connectivity index (χ1n) is 8.44. The number of benzene rings is 1. The Morgan fingerprint density at radius 3 is 2.62 bits per heavy atom. The van der Waals surface area contributed by atoms with E-state index < -0.39 is 0 Å². The molecule has 0 spiro atoms. The van der Waals surface area contributed by atoms with Gasteiger partial charge in [-0.1, -0.05) is 25.1 Å². The van der Waals surface area contributed by atoms with Gasteiger partial charge in [-0.3, -0.25) is 14.4 Å². The summed E-state index contributed by atoms with van der Waals surface area (Å²) in [5, 5.41) is 7.45. The lowest BCUT2D eigenvalue weighted by atomic mass is 10.2. The van der Waals surface area contributed by atoms with Gasteiger partial charge in [0.05, 0.1) is 11.4 Å². The lowest BCUT2D eigenvalue weighted by molar-refractivity contribution is -0.121. The van der Waals surface area contributed by atoms with Gasteiger partial charge < -0.3 is 15.5 Å². The second-order valence-electron chi connectivity index (χ2n) is 5.91. The Morgan fingerprint density at radius 1 is 1.12 bits per heavy atom. The summed E-state index contributed by atoms with van der Waals surface area (Å²) < 4.78 is 0. The van der Waals surface area contributed by atoms with Crippen LogP contribution in [0.15, 0.2) is 41.8 Å². The summed E-state index contributed by atoms with van der Waals surface area (Å²) in [5.41, 5.74) is 1.58. The van der Waals surface area contributed by atoms with Crippen LogP contribution in [0.1, 0.15) is 35.0 Å². The van der Waals surface area contributed by atoms with Crippen LogP contribution in [0.5, 0.6) is 0 Å².